The van der Waals surface area contributed by atoms with Crippen LogP contribution >= 0.6 is 11.6 Å². The molecule has 1 saturated heterocycles. The van der Waals surface area contributed by atoms with Gasteiger partial charge in [0.15, 0.2) is 5.96 Å². The summed E-state index contributed by atoms with van der Waals surface area (Å²) in [7, 11) is 1.74. The maximum absolute atomic E-state index is 11.5. The first-order chi connectivity index (χ1) is 12.0. The van der Waals surface area contributed by atoms with Crippen LogP contribution in [0.5, 0.6) is 0 Å². The minimum Gasteiger partial charge on any atom is -0.355 e. The number of aromatic nitrogens is 1. The molecule has 1 fully saturated rings. The summed E-state index contributed by atoms with van der Waals surface area (Å²) in [4.78, 5) is 22.3. The molecule has 2 heterocycles. The second-order valence-corrected chi connectivity index (χ2v) is 6.74. The first-order valence-electron chi connectivity index (χ1n) is 8.61. The van der Waals surface area contributed by atoms with Gasteiger partial charge in [0.1, 0.15) is 5.82 Å². The zero-order valence-corrected chi connectivity index (χ0v) is 15.8. The molecule has 1 atom stereocenters. The molecular formula is C17H27ClN6O. The fourth-order valence-electron chi connectivity index (χ4n) is 2.64. The van der Waals surface area contributed by atoms with Crippen LogP contribution in [0.15, 0.2) is 23.3 Å². The molecule has 2 rings (SSSR count). The topological polar surface area (TPSA) is 81.6 Å². The van der Waals surface area contributed by atoms with Crippen LogP contribution < -0.4 is 20.9 Å². The number of nitrogens with one attached hydrogen (secondary N) is 3. The molecule has 1 aliphatic heterocycles. The van der Waals surface area contributed by atoms with Gasteiger partial charge >= 0.3 is 0 Å². The monoisotopic (exact) mass is 366 g/mol. The van der Waals surface area contributed by atoms with E-state index in [0.29, 0.717) is 18.1 Å². The van der Waals surface area contributed by atoms with Gasteiger partial charge in [0.05, 0.1) is 5.02 Å². The van der Waals surface area contributed by atoms with Crippen molar-refractivity contribution >= 4 is 29.3 Å². The SMILES string of the molecule is CN=C(NCCNC(=O)C(C)C)NC1CCN(c2ncccc2Cl)C1. The fourth-order valence-corrected chi connectivity index (χ4v) is 2.88. The molecule has 0 spiro atoms. The van der Waals surface area contributed by atoms with Crippen molar-refractivity contribution in [2.75, 3.05) is 38.1 Å². The number of anilines is 1. The molecule has 0 bridgehead atoms. The Balaban J connectivity index is 1.75. The number of pyridine rings is 1. The van der Waals surface area contributed by atoms with Crippen molar-refractivity contribution in [3.63, 3.8) is 0 Å². The summed E-state index contributed by atoms with van der Waals surface area (Å²) < 4.78 is 0. The van der Waals surface area contributed by atoms with E-state index in [1.54, 1.807) is 13.2 Å². The Hall–Kier alpha value is -2.02. The summed E-state index contributed by atoms with van der Waals surface area (Å²) in [5.41, 5.74) is 0. The first kappa shape index (κ1) is 19.3. The van der Waals surface area contributed by atoms with Crippen molar-refractivity contribution in [1.82, 2.24) is 20.9 Å². The van der Waals surface area contributed by atoms with Crippen molar-refractivity contribution in [2.45, 2.75) is 26.3 Å². The molecule has 25 heavy (non-hydrogen) atoms. The Morgan fingerprint density at radius 2 is 2.20 bits per heavy atom. The van der Waals surface area contributed by atoms with Crippen molar-refractivity contribution in [3.8, 4) is 0 Å². The maximum atomic E-state index is 11.5. The summed E-state index contributed by atoms with van der Waals surface area (Å²) in [5.74, 6) is 1.62. The smallest absolute Gasteiger partial charge is 0.222 e. The number of amides is 1. The van der Waals surface area contributed by atoms with Gasteiger partial charge in [-0.2, -0.15) is 0 Å². The highest BCUT2D eigenvalue weighted by Gasteiger charge is 2.25. The minimum absolute atomic E-state index is 0.000305. The molecule has 0 radical (unpaired) electrons. The molecule has 1 aromatic heterocycles. The third kappa shape index (κ3) is 5.77. The number of carbonyl (C=O) groups is 1. The highest BCUT2D eigenvalue weighted by atomic mass is 35.5. The normalized spacial score (nSPS) is 17.7. The summed E-state index contributed by atoms with van der Waals surface area (Å²) >= 11 is 6.22. The standard InChI is InChI=1S/C17H27ClN6O/c1-12(2)16(25)21-8-9-22-17(19-3)23-13-6-10-24(11-13)15-14(18)5-4-7-20-15/h4-5,7,12-13H,6,8-11H2,1-3H3,(H,21,25)(H2,19,22,23). The van der Waals surface area contributed by atoms with E-state index >= 15 is 0 Å². The third-order valence-electron chi connectivity index (χ3n) is 4.03. The Kier molecular flexibility index (Phi) is 7.31. The number of aliphatic imine (C=N–C) groups is 1. The van der Waals surface area contributed by atoms with Crippen LogP contribution in [0, 0.1) is 5.92 Å². The van der Waals surface area contributed by atoms with Gasteiger partial charge in [-0.15, -0.1) is 0 Å². The Labute approximate surface area is 154 Å². The molecule has 138 valence electrons. The lowest BCUT2D eigenvalue weighted by atomic mass is 10.2. The van der Waals surface area contributed by atoms with E-state index < -0.39 is 0 Å². The van der Waals surface area contributed by atoms with E-state index in [0.717, 1.165) is 31.3 Å². The first-order valence-corrected chi connectivity index (χ1v) is 8.99. The van der Waals surface area contributed by atoms with E-state index in [1.807, 2.05) is 26.0 Å². The second-order valence-electron chi connectivity index (χ2n) is 6.33. The van der Waals surface area contributed by atoms with Crippen molar-refractivity contribution < 1.29 is 4.79 Å². The highest BCUT2D eigenvalue weighted by molar-refractivity contribution is 6.32. The van der Waals surface area contributed by atoms with Gasteiger partial charge in [-0.1, -0.05) is 25.4 Å². The number of hydrogen-bond donors (Lipinski definition) is 3. The minimum atomic E-state index is 0.000305. The summed E-state index contributed by atoms with van der Waals surface area (Å²) in [6.07, 6.45) is 2.74. The Morgan fingerprint density at radius 1 is 1.44 bits per heavy atom. The zero-order valence-electron chi connectivity index (χ0n) is 15.1. The Morgan fingerprint density at radius 3 is 2.88 bits per heavy atom. The number of nitrogens with zero attached hydrogens (tertiary/aromatic N) is 3. The van der Waals surface area contributed by atoms with Gasteiger partial charge in [0.25, 0.3) is 0 Å². The highest BCUT2D eigenvalue weighted by Crippen LogP contribution is 2.25. The lowest BCUT2D eigenvalue weighted by Crippen LogP contribution is -2.46. The van der Waals surface area contributed by atoms with Crippen LogP contribution in [0.1, 0.15) is 20.3 Å². The predicted molar refractivity (Wildman–Crippen MR) is 102 cm³/mol. The summed E-state index contributed by atoms with van der Waals surface area (Å²) in [5, 5.41) is 10.2. The molecule has 7 nitrogen and oxygen atoms in total. The molecule has 1 aromatic rings. The number of rotatable bonds is 6. The van der Waals surface area contributed by atoms with Gasteiger partial charge in [-0.05, 0) is 18.6 Å². The zero-order chi connectivity index (χ0) is 18.2. The van der Waals surface area contributed by atoms with Gasteiger partial charge in [-0.3, -0.25) is 9.79 Å². The quantitative estimate of drug-likeness (QED) is 0.401. The van der Waals surface area contributed by atoms with Gasteiger partial charge in [0, 0.05) is 51.4 Å². The third-order valence-corrected chi connectivity index (χ3v) is 4.33. The number of hydrogen-bond acceptors (Lipinski definition) is 4. The van der Waals surface area contributed by atoms with E-state index in [2.05, 4.69) is 30.8 Å². The van der Waals surface area contributed by atoms with Crippen LogP contribution in [0.2, 0.25) is 5.02 Å². The number of carbonyl (C=O) groups excluding carboxylic acids is 1. The molecule has 1 unspecified atom stereocenters. The fraction of sp³-hybridized carbons (Fsp3) is 0.588. The molecule has 1 aliphatic rings. The maximum Gasteiger partial charge on any atom is 0.222 e. The molecule has 1 amide bonds. The Bertz CT molecular complexity index is 607. The number of halogens is 1. The van der Waals surface area contributed by atoms with Crippen molar-refractivity contribution in [2.24, 2.45) is 10.9 Å². The lowest BCUT2D eigenvalue weighted by molar-refractivity contribution is -0.123. The molecular weight excluding hydrogens is 340 g/mol. The van der Waals surface area contributed by atoms with Crippen LogP contribution in [0.25, 0.3) is 0 Å². The largest absolute Gasteiger partial charge is 0.355 e. The lowest BCUT2D eigenvalue weighted by Gasteiger charge is -2.20. The van der Waals surface area contributed by atoms with Crippen LogP contribution in [0.4, 0.5) is 5.82 Å². The summed E-state index contributed by atoms with van der Waals surface area (Å²) in [6.45, 7) is 6.67. The molecule has 8 heteroatoms. The molecule has 0 aliphatic carbocycles. The van der Waals surface area contributed by atoms with Crippen LogP contribution in [-0.2, 0) is 4.79 Å². The summed E-state index contributed by atoms with van der Waals surface area (Å²) in [6, 6.07) is 3.97. The van der Waals surface area contributed by atoms with Crippen LogP contribution in [0.3, 0.4) is 0 Å². The van der Waals surface area contributed by atoms with Gasteiger partial charge < -0.3 is 20.9 Å². The van der Waals surface area contributed by atoms with Crippen molar-refractivity contribution in [3.05, 3.63) is 23.4 Å². The predicted octanol–water partition coefficient (Wildman–Crippen LogP) is 1.25. The number of guanidine groups is 1. The average Bonchev–Trinajstić information content (AvgIpc) is 3.05. The van der Waals surface area contributed by atoms with E-state index in [1.165, 1.54) is 0 Å². The molecule has 0 aromatic carbocycles. The van der Waals surface area contributed by atoms with Gasteiger partial charge in [0.2, 0.25) is 5.91 Å². The molecule has 0 saturated carbocycles. The molecule has 3 N–H and O–H groups in total. The van der Waals surface area contributed by atoms with E-state index in [9.17, 15) is 4.79 Å². The van der Waals surface area contributed by atoms with E-state index in [4.69, 9.17) is 11.6 Å². The van der Waals surface area contributed by atoms with Gasteiger partial charge in [-0.25, -0.2) is 4.98 Å². The average molecular weight is 367 g/mol. The van der Waals surface area contributed by atoms with E-state index in [-0.39, 0.29) is 17.9 Å². The van der Waals surface area contributed by atoms with Crippen LogP contribution in [-0.4, -0.2) is 56.1 Å². The van der Waals surface area contributed by atoms with Crippen molar-refractivity contribution in [1.29, 1.82) is 0 Å². The second kappa shape index (κ2) is 9.46.